The van der Waals surface area contributed by atoms with Crippen molar-refractivity contribution in [3.05, 3.63) is 30.1 Å². The van der Waals surface area contributed by atoms with Crippen LogP contribution in [0.1, 0.15) is 5.56 Å². The van der Waals surface area contributed by atoms with Gasteiger partial charge in [-0.3, -0.25) is 4.99 Å². The van der Waals surface area contributed by atoms with Gasteiger partial charge in [-0.25, -0.2) is 4.98 Å². The van der Waals surface area contributed by atoms with E-state index in [-0.39, 0.29) is 0 Å². The van der Waals surface area contributed by atoms with Crippen LogP contribution < -0.4 is 0 Å². The van der Waals surface area contributed by atoms with Crippen molar-refractivity contribution in [1.82, 2.24) is 9.55 Å². The molecular weight excluding hydrogens is 162 g/mol. The van der Waals surface area contributed by atoms with Gasteiger partial charge in [-0.1, -0.05) is 12.1 Å². The fraction of sp³-hybridized carbons (Fsp3) is 0.200. The van der Waals surface area contributed by atoms with Crippen LogP contribution in [0, 0.1) is 0 Å². The van der Waals surface area contributed by atoms with Crippen LogP contribution in [0.2, 0.25) is 0 Å². The van der Waals surface area contributed by atoms with Crippen LogP contribution in [-0.4, -0.2) is 22.3 Å². The van der Waals surface area contributed by atoms with Crippen LogP contribution in [0.4, 0.5) is 0 Å². The first-order valence-corrected chi connectivity index (χ1v) is 4.39. The van der Waals surface area contributed by atoms with Crippen molar-refractivity contribution in [1.29, 1.82) is 0 Å². The van der Waals surface area contributed by atoms with Crippen molar-refractivity contribution in [3.8, 4) is 0 Å². The molecule has 0 saturated heterocycles. The third kappa shape index (κ3) is 0.900. The third-order valence-electron chi connectivity index (χ3n) is 2.37. The van der Waals surface area contributed by atoms with Crippen molar-refractivity contribution < 1.29 is 0 Å². The second-order valence-corrected chi connectivity index (χ2v) is 3.19. The lowest BCUT2D eigenvalue weighted by atomic mass is 10.2. The largest absolute Gasteiger partial charge is 0.328 e. The molecule has 1 aromatic heterocycles. The Morgan fingerprint density at radius 3 is 3.31 bits per heavy atom. The van der Waals surface area contributed by atoms with Gasteiger partial charge in [0.1, 0.15) is 0 Å². The molecule has 0 unspecified atom stereocenters. The summed E-state index contributed by atoms with van der Waals surface area (Å²) in [7, 11) is 0. The Kier molecular flexibility index (Phi) is 1.27. The zero-order valence-corrected chi connectivity index (χ0v) is 7.14. The second kappa shape index (κ2) is 2.42. The van der Waals surface area contributed by atoms with Crippen molar-refractivity contribution in [2.75, 3.05) is 6.54 Å². The highest BCUT2D eigenvalue weighted by atomic mass is 15.1. The zero-order chi connectivity index (χ0) is 8.67. The average Bonchev–Trinajstić information content (AvgIpc) is 2.44. The lowest BCUT2D eigenvalue weighted by Crippen LogP contribution is -1.97. The van der Waals surface area contributed by atoms with Gasteiger partial charge in [-0.2, -0.15) is 0 Å². The summed E-state index contributed by atoms with van der Waals surface area (Å²) >= 11 is 0. The molecule has 0 amide bonds. The topological polar surface area (TPSA) is 30.2 Å². The summed E-state index contributed by atoms with van der Waals surface area (Å²) in [5, 5.41) is 0. The lowest BCUT2D eigenvalue weighted by Gasteiger charge is -1.99. The van der Waals surface area contributed by atoms with E-state index in [1.807, 2.05) is 24.7 Å². The Morgan fingerprint density at radius 2 is 2.31 bits per heavy atom. The lowest BCUT2D eigenvalue weighted by molar-refractivity contribution is 0.735. The van der Waals surface area contributed by atoms with Crippen LogP contribution in [0.25, 0.3) is 11.0 Å². The van der Waals surface area contributed by atoms with E-state index in [2.05, 4.69) is 20.6 Å². The molecule has 2 heterocycles. The predicted molar refractivity (Wildman–Crippen MR) is 52.2 cm³/mol. The molecule has 13 heavy (non-hydrogen) atoms. The minimum atomic E-state index is 0.847. The number of imidazole rings is 1. The standard InChI is InChI=1S/C10H9N3/c1-2-8-6-11-4-5-13-7-12-9(3-1)10(8)13/h1-3,6-7H,4-5H2. The second-order valence-electron chi connectivity index (χ2n) is 3.19. The summed E-state index contributed by atoms with van der Waals surface area (Å²) in [6, 6.07) is 6.14. The molecule has 0 saturated carbocycles. The van der Waals surface area contributed by atoms with Gasteiger partial charge >= 0.3 is 0 Å². The van der Waals surface area contributed by atoms with Crippen LogP contribution in [0.3, 0.4) is 0 Å². The fourth-order valence-electron chi connectivity index (χ4n) is 1.76. The first kappa shape index (κ1) is 6.83. The monoisotopic (exact) mass is 171 g/mol. The van der Waals surface area contributed by atoms with E-state index in [0.717, 1.165) is 18.6 Å². The van der Waals surface area contributed by atoms with E-state index >= 15 is 0 Å². The van der Waals surface area contributed by atoms with Crippen molar-refractivity contribution in [2.24, 2.45) is 4.99 Å². The Labute approximate surface area is 75.7 Å². The minimum absolute atomic E-state index is 0.847. The number of hydrogen-bond acceptors (Lipinski definition) is 2. The maximum absolute atomic E-state index is 4.33. The number of para-hydroxylation sites is 1. The molecule has 0 aliphatic carbocycles. The Balaban J connectivity index is 2.48. The highest BCUT2D eigenvalue weighted by Crippen LogP contribution is 2.17. The summed E-state index contributed by atoms with van der Waals surface area (Å²) in [5.41, 5.74) is 3.45. The van der Waals surface area contributed by atoms with E-state index < -0.39 is 0 Å². The molecule has 0 bridgehead atoms. The van der Waals surface area contributed by atoms with Crippen molar-refractivity contribution in [2.45, 2.75) is 6.54 Å². The SMILES string of the molecule is C1=NCCn2cnc3cccc1c32. The van der Waals surface area contributed by atoms with Crippen molar-refractivity contribution in [3.63, 3.8) is 0 Å². The molecule has 1 aromatic carbocycles. The van der Waals surface area contributed by atoms with E-state index in [9.17, 15) is 0 Å². The number of hydrogen-bond donors (Lipinski definition) is 0. The van der Waals surface area contributed by atoms with Gasteiger partial charge in [0.15, 0.2) is 0 Å². The van der Waals surface area contributed by atoms with Crippen LogP contribution in [0.15, 0.2) is 29.5 Å². The quantitative estimate of drug-likeness (QED) is 0.590. The van der Waals surface area contributed by atoms with E-state index in [4.69, 9.17) is 0 Å². The molecule has 0 spiro atoms. The van der Waals surface area contributed by atoms with Gasteiger partial charge in [0.25, 0.3) is 0 Å². The van der Waals surface area contributed by atoms with E-state index in [0.29, 0.717) is 0 Å². The van der Waals surface area contributed by atoms with Crippen molar-refractivity contribution >= 4 is 17.2 Å². The van der Waals surface area contributed by atoms with Gasteiger partial charge in [0.2, 0.25) is 0 Å². The maximum Gasteiger partial charge on any atom is 0.0959 e. The summed E-state index contributed by atoms with van der Waals surface area (Å²) in [5.74, 6) is 0. The zero-order valence-electron chi connectivity index (χ0n) is 7.14. The smallest absolute Gasteiger partial charge is 0.0959 e. The molecule has 3 nitrogen and oxygen atoms in total. The normalized spacial score (nSPS) is 14.8. The third-order valence-corrected chi connectivity index (χ3v) is 2.37. The van der Waals surface area contributed by atoms with Gasteiger partial charge in [-0.05, 0) is 6.07 Å². The first-order valence-electron chi connectivity index (χ1n) is 4.39. The van der Waals surface area contributed by atoms with Gasteiger partial charge in [0, 0.05) is 18.3 Å². The summed E-state index contributed by atoms with van der Waals surface area (Å²) in [6.07, 6.45) is 3.83. The molecule has 3 rings (SSSR count). The molecule has 0 radical (unpaired) electrons. The Hall–Kier alpha value is -1.64. The summed E-state index contributed by atoms with van der Waals surface area (Å²) in [4.78, 5) is 8.64. The number of aliphatic imine (C=N–C) groups is 1. The highest BCUT2D eigenvalue weighted by molar-refractivity contribution is 5.96. The number of benzene rings is 1. The predicted octanol–water partition coefficient (Wildman–Crippen LogP) is 1.47. The Morgan fingerprint density at radius 1 is 1.31 bits per heavy atom. The Bertz CT molecular complexity index is 482. The first-order chi connectivity index (χ1) is 6.45. The highest BCUT2D eigenvalue weighted by Gasteiger charge is 2.07. The molecular formula is C10H9N3. The maximum atomic E-state index is 4.33. The fourth-order valence-corrected chi connectivity index (χ4v) is 1.76. The van der Waals surface area contributed by atoms with Crippen LogP contribution in [-0.2, 0) is 6.54 Å². The average molecular weight is 171 g/mol. The van der Waals surface area contributed by atoms with Gasteiger partial charge < -0.3 is 4.57 Å². The molecule has 0 N–H and O–H groups in total. The van der Waals surface area contributed by atoms with Gasteiger partial charge in [-0.15, -0.1) is 0 Å². The summed E-state index contributed by atoms with van der Waals surface area (Å²) in [6.45, 7) is 1.78. The van der Waals surface area contributed by atoms with E-state index in [1.165, 1.54) is 11.1 Å². The minimum Gasteiger partial charge on any atom is -0.328 e. The summed E-state index contributed by atoms with van der Waals surface area (Å²) < 4.78 is 2.16. The molecule has 3 heteroatoms. The molecule has 64 valence electrons. The molecule has 2 aromatic rings. The number of rotatable bonds is 0. The van der Waals surface area contributed by atoms with Crippen LogP contribution >= 0.6 is 0 Å². The molecule has 1 aliphatic heterocycles. The number of aromatic nitrogens is 2. The van der Waals surface area contributed by atoms with Crippen LogP contribution in [0.5, 0.6) is 0 Å². The van der Waals surface area contributed by atoms with E-state index in [1.54, 1.807) is 0 Å². The van der Waals surface area contributed by atoms with Gasteiger partial charge in [0.05, 0.1) is 23.9 Å². The molecule has 0 fully saturated rings. The molecule has 0 atom stereocenters. The number of nitrogens with zero attached hydrogens (tertiary/aromatic N) is 3. The molecule has 1 aliphatic rings.